The van der Waals surface area contributed by atoms with Gasteiger partial charge in [0.1, 0.15) is 12.2 Å². The summed E-state index contributed by atoms with van der Waals surface area (Å²) in [4.78, 5) is 16.2. The summed E-state index contributed by atoms with van der Waals surface area (Å²) < 4.78 is 57.2. The molecule has 4 rings (SSSR count). The van der Waals surface area contributed by atoms with Gasteiger partial charge in [0.05, 0.1) is 12.4 Å². The number of ether oxygens (including phenoxy) is 4. The van der Waals surface area contributed by atoms with Crippen molar-refractivity contribution < 1.29 is 31.5 Å². The first-order valence-corrected chi connectivity index (χ1v) is 14.0. The maximum Gasteiger partial charge on any atom is 0.302 e. The van der Waals surface area contributed by atoms with Gasteiger partial charge in [-0.3, -0.25) is 13.5 Å². The van der Waals surface area contributed by atoms with Crippen LogP contribution in [-0.4, -0.2) is 67.5 Å². The van der Waals surface area contributed by atoms with Gasteiger partial charge in [-0.2, -0.15) is 13.4 Å². The number of hydrogen-bond donors (Lipinski definition) is 0. The van der Waals surface area contributed by atoms with Crippen molar-refractivity contribution in [2.24, 2.45) is 0 Å². The molecule has 1 aromatic rings. The summed E-state index contributed by atoms with van der Waals surface area (Å²) in [7, 11) is -3.76. The quantitative estimate of drug-likeness (QED) is 0.334. The van der Waals surface area contributed by atoms with Gasteiger partial charge in [0.15, 0.2) is 17.9 Å². The topological polar surface area (TPSA) is 115 Å². The van der Waals surface area contributed by atoms with Crippen molar-refractivity contribution >= 4 is 10.1 Å². The number of fused-ring (bicyclic) bond motifs is 5. The van der Waals surface area contributed by atoms with Crippen molar-refractivity contribution in [2.45, 2.75) is 95.4 Å². The minimum Gasteiger partial charge on any atom is -0.453 e. The second-order valence-electron chi connectivity index (χ2n) is 9.52. The molecule has 192 valence electrons. The second-order valence-corrected chi connectivity index (χ2v) is 11.2. The molecular weight excluding hydrogens is 464 g/mol. The molecule has 34 heavy (non-hydrogen) atoms. The van der Waals surface area contributed by atoms with Crippen molar-refractivity contribution in [2.75, 3.05) is 26.1 Å². The van der Waals surface area contributed by atoms with Crippen LogP contribution in [0, 0.1) is 6.92 Å². The van der Waals surface area contributed by atoms with Crippen molar-refractivity contribution in [3.63, 3.8) is 0 Å². The molecule has 2 fully saturated rings. The van der Waals surface area contributed by atoms with Gasteiger partial charge in [-0.25, -0.2) is 0 Å². The zero-order valence-corrected chi connectivity index (χ0v) is 21.3. The Morgan fingerprint density at radius 1 is 1.24 bits per heavy atom. The molecule has 1 saturated carbocycles. The van der Waals surface area contributed by atoms with Gasteiger partial charge >= 0.3 is 6.01 Å². The lowest BCUT2D eigenvalue weighted by Crippen LogP contribution is -2.69. The Labute approximate surface area is 201 Å². The van der Waals surface area contributed by atoms with Crippen LogP contribution in [0.5, 0.6) is 6.01 Å². The van der Waals surface area contributed by atoms with E-state index in [1.54, 1.807) is 17.7 Å². The Morgan fingerprint density at radius 3 is 2.68 bits per heavy atom. The van der Waals surface area contributed by atoms with Crippen molar-refractivity contribution in [3.8, 4) is 6.01 Å². The van der Waals surface area contributed by atoms with Crippen molar-refractivity contribution in [3.05, 3.63) is 22.1 Å². The maximum absolute atomic E-state index is 12.2. The number of unbranched alkanes of at least 4 members (excludes halogenated alkanes) is 2. The molecule has 0 bridgehead atoms. The standard InChI is InChI=1S/C23H36N2O8S/c1-5-7-12-29-17-10-9-11-22(30-13-8-6-2)18-20(33-23(17,22)15-31-34(4,27)28)25-14-16(3)19(26)24-21(25)32-18/h14,17-18,20H,5-13,15H2,1-4H3/t17-,18+,20+,22+,23-/m0/s1. The van der Waals surface area contributed by atoms with Crippen LogP contribution in [0.15, 0.2) is 11.0 Å². The molecule has 0 aromatic carbocycles. The molecule has 1 saturated heterocycles. The van der Waals surface area contributed by atoms with Crippen molar-refractivity contribution in [1.29, 1.82) is 0 Å². The number of nitrogens with zero attached hydrogens (tertiary/aromatic N) is 2. The minimum atomic E-state index is -3.76. The molecule has 5 atom stereocenters. The second kappa shape index (κ2) is 9.85. The van der Waals surface area contributed by atoms with E-state index in [0.717, 1.165) is 38.4 Å². The Bertz CT molecular complexity index is 1040. The highest BCUT2D eigenvalue weighted by atomic mass is 32.2. The van der Waals surface area contributed by atoms with Gasteiger partial charge < -0.3 is 18.9 Å². The zero-order valence-electron chi connectivity index (χ0n) is 20.4. The molecular formula is C23H36N2O8S. The molecule has 0 unspecified atom stereocenters. The van der Waals surface area contributed by atoms with Crippen LogP contribution in [0.4, 0.5) is 0 Å². The Hall–Kier alpha value is -1.53. The Morgan fingerprint density at radius 2 is 1.97 bits per heavy atom. The first-order valence-electron chi connectivity index (χ1n) is 12.2. The van der Waals surface area contributed by atoms with Crippen LogP contribution in [-0.2, 0) is 28.5 Å². The summed E-state index contributed by atoms with van der Waals surface area (Å²) in [5, 5.41) is 0. The van der Waals surface area contributed by atoms with E-state index in [1.807, 2.05) is 0 Å². The molecule has 0 amide bonds. The number of rotatable bonds is 11. The van der Waals surface area contributed by atoms with Crippen LogP contribution in [0.2, 0.25) is 0 Å². The van der Waals surface area contributed by atoms with E-state index in [2.05, 4.69) is 18.8 Å². The van der Waals surface area contributed by atoms with Gasteiger partial charge in [0, 0.05) is 25.0 Å². The lowest BCUT2D eigenvalue weighted by Gasteiger charge is -2.51. The van der Waals surface area contributed by atoms with E-state index in [9.17, 15) is 13.2 Å². The molecule has 0 spiro atoms. The van der Waals surface area contributed by atoms with Gasteiger partial charge in [0.2, 0.25) is 0 Å². The number of hydrogen-bond acceptors (Lipinski definition) is 9. The first-order chi connectivity index (χ1) is 16.2. The monoisotopic (exact) mass is 500 g/mol. The molecule has 0 radical (unpaired) electrons. The highest BCUT2D eigenvalue weighted by molar-refractivity contribution is 7.85. The lowest BCUT2D eigenvalue weighted by molar-refractivity contribution is -0.259. The average Bonchev–Trinajstić information content (AvgIpc) is 3.25. The third-order valence-electron chi connectivity index (χ3n) is 7.06. The van der Waals surface area contributed by atoms with Gasteiger partial charge in [0.25, 0.3) is 15.7 Å². The predicted molar refractivity (Wildman–Crippen MR) is 123 cm³/mol. The summed E-state index contributed by atoms with van der Waals surface area (Å²) in [5.74, 6) is 0. The SMILES string of the molecule is CCCCO[C@H]1CCC[C@@]2(OCCCC)[C@@H]3Oc4nc(=O)c(C)cn4[C@@H]3O[C@@]12COS(C)(=O)=O. The normalized spacial score (nSPS) is 32.2. The number of aryl methyl sites for hydroxylation is 1. The number of aromatic nitrogens is 2. The van der Waals surface area contributed by atoms with E-state index < -0.39 is 39.8 Å². The average molecular weight is 501 g/mol. The third-order valence-corrected chi connectivity index (χ3v) is 7.60. The van der Waals surface area contributed by atoms with Crippen LogP contribution >= 0.6 is 0 Å². The molecule has 11 heteroatoms. The predicted octanol–water partition coefficient (Wildman–Crippen LogP) is 2.48. The fraction of sp³-hybridized carbons (Fsp3) is 0.826. The fourth-order valence-electron chi connectivity index (χ4n) is 5.33. The smallest absolute Gasteiger partial charge is 0.302 e. The van der Waals surface area contributed by atoms with E-state index in [4.69, 9.17) is 23.1 Å². The molecule has 1 aromatic heterocycles. The maximum atomic E-state index is 12.2. The molecule has 2 aliphatic heterocycles. The van der Waals surface area contributed by atoms with Crippen LogP contribution in [0.3, 0.4) is 0 Å². The van der Waals surface area contributed by atoms with E-state index >= 15 is 0 Å². The lowest BCUT2D eigenvalue weighted by atomic mass is 9.68. The van der Waals surface area contributed by atoms with Crippen molar-refractivity contribution in [1.82, 2.24) is 9.55 Å². The summed E-state index contributed by atoms with van der Waals surface area (Å²) in [5.41, 5.74) is -2.13. The van der Waals surface area contributed by atoms with E-state index in [1.165, 1.54) is 0 Å². The van der Waals surface area contributed by atoms with Gasteiger partial charge in [-0.05, 0) is 39.0 Å². The summed E-state index contributed by atoms with van der Waals surface area (Å²) in [6.45, 7) is 6.58. The van der Waals surface area contributed by atoms with Gasteiger partial charge in [-0.1, -0.05) is 26.7 Å². The minimum absolute atomic E-state index is 0.177. The van der Waals surface area contributed by atoms with E-state index in [-0.39, 0.29) is 18.2 Å². The van der Waals surface area contributed by atoms with E-state index in [0.29, 0.717) is 31.6 Å². The molecule has 3 aliphatic rings. The summed E-state index contributed by atoms with van der Waals surface area (Å²) in [6.07, 6.45) is 6.64. The highest BCUT2D eigenvalue weighted by Crippen LogP contribution is 2.58. The molecule has 10 nitrogen and oxygen atoms in total. The Balaban J connectivity index is 1.80. The van der Waals surface area contributed by atoms with Crippen LogP contribution in [0.1, 0.15) is 70.6 Å². The van der Waals surface area contributed by atoms with Crippen LogP contribution in [0.25, 0.3) is 0 Å². The fourth-order valence-corrected chi connectivity index (χ4v) is 5.72. The Kier molecular flexibility index (Phi) is 7.40. The third kappa shape index (κ3) is 4.41. The molecule has 1 aliphatic carbocycles. The zero-order chi connectivity index (χ0) is 24.6. The molecule has 0 N–H and O–H groups in total. The van der Waals surface area contributed by atoms with Gasteiger partial charge in [-0.15, -0.1) is 0 Å². The summed E-state index contributed by atoms with van der Waals surface area (Å²) >= 11 is 0. The highest BCUT2D eigenvalue weighted by Gasteiger charge is 2.74. The first kappa shape index (κ1) is 25.6. The molecule has 3 heterocycles. The van der Waals surface area contributed by atoms with Crippen LogP contribution < -0.4 is 10.3 Å². The summed E-state index contributed by atoms with van der Waals surface area (Å²) in [6, 6.07) is 0.177. The largest absolute Gasteiger partial charge is 0.453 e.